The minimum atomic E-state index is -1.36. The van der Waals surface area contributed by atoms with Gasteiger partial charge in [0.05, 0.1) is 11.0 Å². The van der Waals surface area contributed by atoms with Crippen molar-refractivity contribution in [2.45, 2.75) is 45.1 Å². The molecule has 1 aliphatic rings. The summed E-state index contributed by atoms with van der Waals surface area (Å²) in [5, 5.41) is 11.0. The Morgan fingerprint density at radius 1 is 1.38 bits per heavy atom. The van der Waals surface area contributed by atoms with E-state index in [4.69, 9.17) is 4.74 Å². The van der Waals surface area contributed by atoms with Gasteiger partial charge in [0.1, 0.15) is 11.3 Å². The second-order valence-corrected chi connectivity index (χ2v) is 6.66. The van der Waals surface area contributed by atoms with Crippen LogP contribution in [0.1, 0.15) is 45.2 Å². The third-order valence-electron chi connectivity index (χ3n) is 3.67. The van der Waals surface area contributed by atoms with Crippen LogP contribution in [-0.4, -0.2) is 39.6 Å². The Kier molecular flexibility index (Phi) is 5.00. The minimum absolute atomic E-state index is 0.0808. The molecular weight excluding hydrogens is 324 g/mol. The molecule has 0 saturated carbocycles. The standard InChI is InChI=1S/C15H19F2N3O4/c1-15(2,3)24-14(21)19-6-4-9(5-7-19)12-11(20(22)23)8-10(16)13(17)18-12/h8-9H,4-7H2,1-3H3. The molecule has 9 heteroatoms. The normalized spacial score (nSPS) is 16.1. The first-order chi connectivity index (χ1) is 11.1. The van der Waals surface area contributed by atoms with Gasteiger partial charge < -0.3 is 9.64 Å². The molecule has 0 aromatic carbocycles. The summed E-state index contributed by atoms with van der Waals surface area (Å²) in [7, 11) is 0. The Morgan fingerprint density at radius 2 is 1.96 bits per heavy atom. The first-order valence-corrected chi connectivity index (χ1v) is 7.56. The van der Waals surface area contributed by atoms with Gasteiger partial charge in [0.15, 0.2) is 5.82 Å². The lowest BCUT2D eigenvalue weighted by Gasteiger charge is -2.33. The number of hydrogen-bond donors (Lipinski definition) is 0. The average Bonchev–Trinajstić information content (AvgIpc) is 2.48. The van der Waals surface area contributed by atoms with Crippen LogP contribution in [0.5, 0.6) is 0 Å². The molecule has 0 unspecified atom stereocenters. The third kappa shape index (κ3) is 4.15. The smallest absolute Gasteiger partial charge is 0.410 e. The van der Waals surface area contributed by atoms with E-state index in [9.17, 15) is 23.7 Å². The van der Waals surface area contributed by atoms with E-state index in [2.05, 4.69) is 4.98 Å². The van der Waals surface area contributed by atoms with E-state index in [-0.39, 0.29) is 5.69 Å². The van der Waals surface area contributed by atoms with Crippen LogP contribution in [0.2, 0.25) is 0 Å². The highest BCUT2D eigenvalue weighted by Gasteiger charge is 2.32. The van der Waals surface area contributed by atoms with Crippen LogP contribution in [0.4, 0.5) is 19.3 Å². The molecule has 0 atom stereocenters. The van der Waals surface area contributed by atoms with Crippen molar-refractivity contribution in [3.63, 3.8) is 0 Å². The first-order valence-electron chi connectivity index (χ1n) is 7.56. The predicted molar refractivity (Wildman–Crippen MR) is 80.6 cm³/mol. The van der Waals surface area contributed by atoms with Crippen LogP contribution in [0.15, 0.2) is 6.07 Å². The molecule has 132 valence electrons. The highest BCUT2D eigenvalue weighted by Crippen LogP contribution is 2.33. The van der Waals surface area contributed by atoms with Gasteiger partial charge >= 0.3 is 6.09 Å². The highest BCUT2D eigenvalue weighted by atomic mass is 19.2. The Morgan fingerprint density at radius 3 is 2.46 bits per heavy atom. The summed E-state index contributed by atoms with van der Waals surface area (Å²) in [6, 6.07) is 0.553. The Bertz CT molecular complexity index is 653. The predicted octanol–water partition coefficient (Wildman–Crippen LogP) is 3.38. The van der Waals surface area contributed by atoms with Crippen LogP contribution in [-0.2, 0) is 4.74 Å². The number of likely N-dealkylation sites (tertiary alicyclic amines) is 1. The lowest BCUT2D eigenvalue weighted by molar-refractivity contribution is -0.386. The van der Waals surface area contributed by atoms with Crippen LogP contribution >= 0.6 is 0 Å². The van der Waals surface area contributed by atoms with E-state index >= 15 is 0 Å². The van der Waals surface area contributed by atoms with Crippen molar-refractivity contribution >= 4 is 11.8 Å². The summed E-state index contributed by atoms with van der Waals surface area (Å²) in [4.78, 5) is 27.2. The number of pyridine rings is 1. The second kappa shape index (κ2) is 6.66. The fourth-order valence-corrected chi connectivity index (χ4v) is 2.58. The summed E-state index contributed by atoms with van der Waals surface area (Å²) in [5.41, 5.74) is -1.23. The zero-order valence-corrected chi connectivity index (χ0v) is 13.7. The maximum absolute atomic E-state index is 13.4. The van der Waals surface area contributed by atoms with Crippen molar-refractivity contribution in [2.24, 2.45) is 0 Å². The molecule has 1 aromatic rings. The van der Waals surface area contributed by atoms with Gasteiger partial charge in [-0.2, -0.15) is 4.39 Å². The van der Waals surface area contributed by atoms with Gasteiger partial charge in [-0.05, 0) is 33.6 Å². The molecule has 0 radical (unpaired) electrons. The molecule has 1 aromatic heterocycles. The minimum Gasteiger partial charge on any atom is -0.444 e. The van der Waals surface area contributed by atoms with E-state index in [1.54, 1.807) is 20.8 Å². The number of carbonyl (C=O) groups is 1. The third-order valence-corrected chi connectivity index (χ3v) is 3.67. The molecule has 1 fully saturated rings. The second-order valence-electron chi connectivity index (χ2n) is 6.66. The number of amides is 1. The number of carbonyl (C=O) groups excluding carboxylic acids is 1. The quantitative estimate of drug-likeness (QED) is 0.467. The van der Waals surface area contributed by atoms with Crippen LogP contribution < -0.4 is 0 Å². The summed E-state index contributed by atoms with van der Waals surface area (Å²) >= 11 is 0. The molecule has 0 aliphatic carbocycles. The zero-order valence-electron chi connectivity index (χ0n) is 13.7. The van der Waals surface area contributed by atoms with Gasteiger partial charge in [0, 0.05) is 19.0 Å². The zero-order chi connectivity index (χ0) is 18.1. The first kappa shape index (κ1) is 18.0. The lowest BCUT2D eigenvalue weighted by Crippen LogP contribution is -2.41. The van der Waals surface area contributed by atoms with Crippen molar-refractivity contribution in [3.05, 3.63) is 33.6 Å². The topological polar surface area (TPSA) is 85.6 Å². The monoisotopic (exact) mass is 343 g/mol. The van der Waals surface area contributed by atoms with Crippen LogP contribution in [0, 0.1) is 21.9 Å². The molecule has 7 nitrogen and oxygen atoms in total. The molecule has 1 aliphatic heterocycles. The van der Waals surface area contributed by atoms with E-state index < -0.39 is 40.0 Å². The number of halogens is 2. The van der Waals surface area contributed by atoms with E-state index in [0.717, 1.165) is 0 Å². The Balaban J connectivity index is 2.11. The molecule has 2 rings (SSSR count). The van der Waals surface area contributed by atoms with Gasteiger partial charge in [0.25, 0.3) is 5.69 Å². The van der Waals surface area contributed by atoms with Crippen LogP contribution in [0.3, 0.4) is 0 Å². The Hall–Kier alpha value is -2.32. The summed E-state index contributed by atoms with van der Waals surface area (Å²) in [5.74, 6) is -3.12. The number of nitro groups is 1. The maximum atomic E-state index is 13.4. The van der Waals surface area contributed by atoms with Gasteiger partial charge in [-0.1, -0.05) is 0 Å². The van der Waals surface area contributed by atoms with Gasteiger partial charge in [-0.25, -0.2) is 14.2 Å². The largest absolute Gasteiger partial charge is 0.444 e. The molecule has 0 bridgehead atoms. The summed E-state index contributed by atoms with van der Waals surface area (Å²) in [6.45, 7) is 5.87. The van der Waals surface area contributed by atoms with Crippen molar-refractivity contribution in [1.29, 1.82) is 0 Å². The fourth-order valence-electron chi connectivity index (χ4n) is 2.58. The van der Waals surface area contributed by atoms with Gasteiger partial charge in [-0.15, -0.1) is 0 Å². The van der Waals surface area contributed by atoms with Crippen molar-refractivity contribution < 1.29 is 23.2 Å². The molecule has 0 N–H and O–H groups in total. The number of hydrogen-bond acceptors (Lipinski definition) is 5. The molecule has 1 amide bonds. The average molecular weight is 343 g/mol. The van der Waals surface area contributed by atoms with Crippen LogP contribution in [0.25, 0.3) is 0 Å². The SMILES string of the molecule is CC(C)(C)OC(=O)N1CCC(c2nc(F)c(F)cc2[N+](=O)[O-])CC1. The fraction of sp³-hybridized carbons (Fsp3) is 0.600. The number of ether oxygens (including phenoxy) is 1. The van der Waals surface area contributed by atoms with E-state index in [1.165, 1.54) is 4.90 Å². The molecular formula is C15H19F2N3O4. The molecule has 1 saturated heterocycles. The van der Waals surface area contributed by atoms with E-state index in [0.29, 0.717) is 32.0 Å². The molecule has 2 heterocycles. The number of rotatable bonds is 2. The Labute approximate surface area is 137 Å². The highest BCUT2D eigenvalue weighted by molar-refractivity contribution is 5.68. The summed E-state index contributed by atoms with van der Waals surface area (Å²) in [6.07, 6.45) is 0.254. The maximum Gasteiger partial charge on any atom is 0.410 e. The van der Waals surface area contributed by atoms with Crippen molar-refractivity contribution in [3.8, 4) is 0 Å². The molecule has 24 heavy (non-hydrogen) atoms. The van der Waals surface area contributed by atoms with Gasteiger partial charge in [0.2, 0.25) is 5.95 Å². The van der Waals surface area contributed by atoms with E-state index in [1.807, 2.05) is 0 Å². The van der Waals surface area contributed by atoms with Crippen molar-refractivity contribution in [1.82, 2.24) is 9.88 Å². The van der Waals surface area contributed by atoms with Crippen molar-refractivity contribution in [2.75, 3.05) is 13.1 Å². The lowest BCUT2D eigenvalue weighted by atomic mass is 9.92. The molecule has 0 spiro atoms. The number of piperidine rings is 1. The van der Waals surface area contributed by atoms with Gasteiger partial charge in [-0.3, -0.25) is 10.1 Å². The summed E-state index contributed by atoms with van der Waals surface area (Å²) < 4.78 is 31.8. The number of aromatic nitrogens is 1. The number of nitrogens with zero attached hydrogens (tertiary/aromatic N) is 3.